The molecule has 1 atom stereocenters. The van der Waals surface area contributed by atoms with E-state index in [0.29, 0.717) is 13.2 Å². The molecule has 0 amide bonds. The minimum atomic E-state index is -0.269. The Labute approximate surface area is 116 Å². The van der Waals surface area contributed by atoms with E-state index >= 15 is 0 Å². The van der Waals surface area contributed by atoms with E-state index in [1.807, 2.05) is 24.7 Å². The van der Waals surface area contributed by atoms with Crippen molar-refractivity contribution in [3.63, 3.8) is 0 Å². The molecule has 5 heteroatoms. The molecule has 1 aromatic heterocycles. The van der Waals surface area contributed by atoms with Gasteiger partial charge in [-0.15, -0.1) is 0 Å². The van der Waals surface area contributed by atoms with Crippen LogP contribution >= 0.6 is 0 Å². The van der Waals surface area contributed by atoms with Gasteiger partial charge in [-0.05, 0) is 26.8 Å². The predicted molar refractivity (Wildman–Crippen MR) is 76.0 cm³/mol. The van der Waals surface area contributed by atoms with Crippen molar-refractivity contribution < 1.29 is 9.47 Å². The first kappa shape index (κ1) is 16.1. The van der Waals surface area contributed by atoms with Crippen molar-refractivity contribution in [1.29, 1.82) is 0 Å². The minimum Gasteiger partial charge on any atom is -0.351 e. The SMILES string of the molecule is CCCn1cc(C(NCC)C(OCC)OCC)cn1. The summed E-state index contributed by atoms with van der Waals surface area (Å²) in [6.07, 6.45) is 4.78. The standard InChI is InChI=1S/C14H27N3O2/c1-5-9-17-11-12(10-16-17)13(15-6-2)14(18-7-3)19-8-4/h10-11,13-15H,5-9H2,1-4H3. The number of likely N-dealkylation sites (N-methyl/N-ethyl adjacent to an activating group) is 1. The normalized spacial score (nSPS) is 13.1. The van der Waals surface area contributed by atoms with Crippen molar-refractivity contribution in [3.8, 4) is 0 Å². The van der Waals surface area contributed by atoms with Gasteiger partial charge in [0.2, 0.25) is 0 Å². The van der Waals surface area contributed by atoms with Crippen molar-refractivity contribution in [3.05, 3.63) is 18.0 Å². The minimum absolute atomic E-state index is 0.0236. The second-order valence-corrected chi connectivity index (χ2v) is 4.35. The van der Waals surface area contributed by atoms with Crippen LogP contribution in [0.3, 0.4) is 0 Å². The number of nitrogens with one attached hydrogen (secondary N) is 1. The lowest BCUT2D eigenvalue weighted by Gasteiger charge is -2.26. The summed E-state index contributed by atoms with van der Waals surface area (Å²) in [5.41, 5.74) is 1.11. The molecule has 19 heavy (non-hydrogen) atoms. The first-order chi connectivity index (χ1) is 9.26. The van der Waals surface area contributed by atoms with Crippen molar-refractivity contribution in [2.24, 2.45) is 0 Å². The van der Waals surface area contributed by atoms with Crippen LogP contribution in [0.5, 0.6) is 0 Å². The number of aromatic nitrogens is 2. The van der Waals surface area contributed by atoms with Gasteiger partial charge in [-0.1, -0.05) is 13.8 Å². The zero-order chi connectivity index (χ0) is 14.1. The van der Waals surface area contributed by atoms with Gasteiger partial charge in [-0.25, -0.2) is 0 Å². The maximum absolute atomic E-state index is 5.70. The van der Waals surface area contributed by atoms with Gasteiger partial charge in [0, 0.05) is 31.5 Å². The van der Waals surface area contributed by atoms with Gasteiger partial charge in [-0.3, -0.25) is 4.68 Å². The molecule has 0 spiro atoms. The third-order valence-electron chi connectivity index (χ3n) is 2.82. The quantitative estimate of drug-likeness (QED) is 0.662. The fourth-order valence-electron chi connectivity index (χ4n) is 2.05. The third kappa shape index (κ3) is 4.93. The van der Waals surface area contributed by atoms with Crippen LogP contribution in [0.2, 0.25) is 0 Å². The Morgan fingerprint density at radius 1 is 1.21 bits per heavy atom. The summed E-state index contributed by atoms with van der Waals surface area (Å²) >= 11 is 0. The van der Waals surface area contributed by atoms with Crippen LogP contribution in [-0.2, 0) is 16.0 Å². The summed E-state index contributed by atoms with van der Waals surface area (Å²) in [6.45, 7) is 11.3. The van der Waals surface area contributed by atoms with E-state index < -0.39 is 0 Å². The maximum atomic E-state index is 5.70. The summed E-state index contributed by atoms with van der Waals surface area (Å²) in [5, 5.41) is 7.80. The van der Waals surface area contributed by atoms with Gasteiger partial charge >= 0.3 is 0 Å². The summed E-state index contributed by atoms with van der Waals surface area (Å²) in [6, 6.07) is 0.0236. The van der Waals surface area contributed by atoms with Gasteiger partial charge in [-0.2, -0.15) is 5.10 Å². The molecule has 1 unspecified atom stereocenters. The topological polar surface area (TPSA) is 48.3 Å². The van der Waals surface area contributed by atoms with E-state index in [0.717, 1.165) is 25.1 Å². The number of nitrogens with zero attached hydrogens (tertiary/aromatic N) is 2. The van der Waals surface area contributed by atoms with Crippen LogP contribution in [0.15, 0.2) is 12.4 Å². The Morgan fingerprint density at radius 3 is 2.42 bits per heavy atom. The average Bonchev–Trinajstić information content (AvgIpc) is 2.85. The molecule has 1 N–H and O–H groups in total. The Balaban J connectivity index is 2.82. The Hall–Kier alpha value is -0.910. The average molecular weight is 269 g/mol. The predicted octanol–water partition coefficient (Wildman–Crippen LogP) is 2.34. The van der Waals surface area contributed by atoms with Gasteiger partial charge in [0.25, 0.3) is 0 Å². The molecule has 0 saturated heterocycles. The van der Waals surface area contributed by atoms with E-state index in [-0.39, 0.29) is 12.3 Å². The first-order valence-corrected chi connectivity index (χ1v) is 7.25. The van der Waals surface area contributed by atoms with Crippen LogP contribution in [0.1, 0.15) is 45.7 Å². The lowest BCUT2D eigenvalue weighted by Crippen LogP contribution is -2.35. The molecule has 0 aromatic carbocycles. The Morgan fingerprint density at radius 2 is 1.89 bits per heavy atom. The maximum Gasteiger partial charge on any atom is 0.176 e. The molecule has 0 saturated carbocycles. The van der Waals surface area contributed by atoms with E-state index in [1.54, 1.807) is 0 Å². The first-order valence-electron chi connectivity index (χ1n) is 7.25. The molecule has 0 radical (unpaired) electrons. The molecular formula is C14H27N3O2. The molecule has 110 valence electrons. The van der Waals surface area contributed by atoms with Crippen molar-refractivity contribution in [1.82, 2.24) is 15.1 Å². The summed E-state index contributed by atoms with van der Waals surface area (Å²) in [4.78, 5) is 0. The Kier molecular flexibility index (Phi) is 7.70. The molecule has 1 heterocycles. The molecule has 0 aliphatic rings. The van der Waals surface area contributed by atoms with E-state index in [1.165, 1.54) is 0 Å². The number of aryl methyl sites for hydroxylation is 1. The fourth-order valence-corrected chi connectivity index (χ4v) is 2.05. The van der Waals surface area contributed by atoms with Crippen LogP contribution < -0.4 is 5.32 Å². The third-order valence-corrected chi connectivity index (χ3v) is 2.82. The number of hydrogen-bond donors (Lipinski definition) is 1. The van der Waals surface area contributed by atoms with Gasteiger partial charge in [0.05, 0.1) is 12.2 Å². The van der Waals surface area contributed by atoms with Gasteiger partial charge < -0.3 is 14.8 Å². The highest BCUT2D eigenvalue weighted by molar-refractivity contribution is 5.11. The van der Waals surface area contributed by atoms with Gasteiger partial charge in [0.1, 0.15) is 0 Å². The largest absolute Gasteiger partial charge is 0.351 e. The molecule has 0 bridgehead atoms. The van der Waals surface area contributed by atoms with E-state index in [9.17, 15) is 0 Å². The lowest BCUT2D eigenvalue weighted by atomic mass is 10.1. The molecule has 0 aliphatic carbocycles. The zero-order valence-corrected chi connectivity index (χ0v) is 12.6. The van der Waals surface area contributed by atoms with Crippen molar-refractivity contribution >= 4 is 0 Å². The van der Waals surface area contributed by atoms with Crippen molar-refractivity contribution in [2.75, 3.05) is 19.8 Å². The second kappa shape index (κ2) is 9.07. The summed E-state index contributed by atoms with van der Waals surface area (Å²) in [5.74, 6) is 0. The van der Waals surface area contributed by atoms with Crippen molar-refractivity contribution in [2.45, 2.75) is 53.0 Å². The molecule has 0 aliphatic heterocycles. The number of rotatable bonds is 10. The monoisotopic (exact) mass is 269 g/mol. The second-order valence-electron chi connectivity index (χ2n) is 4.35. The number of ether oxygens (including phenoxy) is 2. The van der Waals surface area contributed by atoms with Crippen LogP contribution in [0.25, 0.3) is 0 Å². The highest BCUT2D eigenvalue weighted by Crippen LogP contribution is 2.20. The zero-order valence-electron chi connectivity index (χ0n) is 12.6. The van der Waals surface area contributed by atoms with Crippen LogP contribution in [-0.4, -0.2) is 35.8 Å². The highest BCUT2D eigenvalue weighted by atomic mass is 16.7. The molecule has 5 nitrogen and oxygen atoms in total. The molecule has 1 aromatic rings. The highest BCUT2D eigenvalue weighted by Gasteiger charge is 2.24. The van der Waals surface area contributed by atoms with Crippen LogP contribution in [0, 0.1) is 0 Å². The summed E-state index contributed by atoms with van der Waals surface area (Å²) in [7, 11) is 0. The van der Waals surface area contributed by atoms with Gasteiger partial charge in [0.15, 0.2) is 6.29 Å². The van der Waals surface area contributed by atoms with Crippen LogP contribution in [0.4, 0.5) is 0 Å². The lowest BCUT2D eigenvalue weighted by molar-refractivity contribution is -0.155. The number of hydrogen-bond acceptors (Lipinski definition) is 4. The van der Waals surface area contributed by atoms with E-state index in [4.69, 9.17) is 9.47 Å². The molecule has 0 fully saturated rings. The summed E-state index contributed by atoms with van der Waals surface area (Å²) < 4.78 is 13.4. The smallest absolute Gasteiger partial charge is 0.176 e. The molecule has 1 rings (SSSR count). The Bertz CT molecular complexity index is 335. The van der Waals surface area contributed by atoms with E-state index in [2.05, 4.69) is 30.5 Å². The fraction of sp³-hybridized carbons (Fsp3) is 0.786. The molecular weight excluding hydrogens is 242 g/mol.